The van der Waals surface area contributed by atoms with Gasteiger partial charge in [0.1, 0.15) is 18.1 Å². The first kappa shape index (κ1) is 30.1. The summed E-state index contributed by atoms with van der Waals surface area (Å²) in [5.41, 5.74) is 6.59. The summed E-state index contributed by atoms with van der Waals surface area (Å²) in [4.78, 5) is 57.4. The third kappa shape index (κ3) is 9.67. The van der Waals surface area contributed by atoms with Crippen LogP contribution in [0.4, 0.5) is 0 Å². The maximum atomic E-state index is 13.2. The van der Waals surface area contributed by atoms with Crippen LogP contribution in [0.25, 0.3) is 0 Å². The topological polar surface area (TPSA) is 179 Å². The molecule has 0 aromatic carbocycles. The van der Waals surface area contributed by atoms with Crippen LogP contribution in [-0.4, -0.2) is 62.9 Å². The molecule has 0 bridgehead atoms. The minimum absolute atomic E-state index is 0.0157. The van der Waals surface area contributed by atoms with Gasteiger partial charge in [-0.25, -0.2) is 9.78 Å². The molecule has 0 saturated heterocycles. The second-order valence-corrected chi connectivity index (χ2v) is 9.65. The van der Waals surface area contributed by atoms with Gasteiger partial charge in [0.05, 0.1) is 12.4 Å². The highest BCUT2D eigenvalue weighted by Crippen LogP contribution is 2.13. The van der Waals surface area contributed by atoms with Crippen molar-refractivity contribution in [1.82, 2.24) is 25.9 Å². The fourth-order valence-electron chi connectivity index (χ4n) is 3.52. The van der Waals surface area contributed by atoms with Crippen molar-refractivity contribution >= 4 is 23.7 Å². The van der Waals surface area contributed by atoms with E-state index in [4.69, 9.17) is 5.73 Å². The van der Waals surface area contributed by atoms with Gasteiger partial charge in [-0.1, -0.05) is 54.4 Å². The van der Waals surface area contributed by atoms with Gasteiger partial charge in [0, 0.05) is 18.3 Å². The first-order chi connectivity index (χ1) is 16.4. The minimum Gasteiger partial charge on any atom is -0.480 e. The molecular formula is C24H42N6O5. The van der Waals surface area contributed by atoms with Crippen LogP contribution in [0.1, 0.15) is 66.5 Å². The molecule has 1 heterocycles. The van der Waals surface area contributed by atoms with E-state index < -0.39 is 47.9 Å². The number of hydrogen-bond acceptors (Lipinski definition) is 6. The molecule has 11 heteroatoms. The summed E-state index contributed by atoms with van der Waals surface area (Å²) in [6.07, 6.45) is 4.57. The lowest BCUT2D eigenvalue weighted by molar-refractivity contribution is -0.142. The average Bonchev–Trinajstić information content (AvgIpc) is 3.32. The van der Waals surface area contributed by atoms with Crippen LogP contribution in [0, 0.1) is 17.8 Å². The maximum absolute atomic E-state index is 13.2. The van der Waals surface area contributed by atoms with Crippen molar-refractivity contribution in [3.8, 4) is 0 Å². The number of nitrogens with one attached hydrogen (secondary N) is 4. The van der Waals surface area contributed by atoms with E-state index in [1.54, 1.807) is 6.92 Å². The molecule has 1 aromatic rings. The number of rotatable bonds is 15. The molecule has 0 aliphatic carbocycles. The third-order valence-corrected chi connectivity index (χ3v) is 6.29. The van der Waals surface area contributed by atoms with E-state index >= 15 is 0 Å². The standard InChI is InChI=1S/C24H42N6O5/c1-7-14(5)19(25)22(32)28-17(9-13(3)4)21(31)30-20(15(6)8-2)23(33)29-18(24(34)35)10-16-11-26-12-27-16/h11-15,17-20H,7-10,25H2,1-6H3,(H,26,27)(H,28,32)(H,29,33)(H,30,31)(H,34,35). The monoisotopic (exact) mass is 494 g/mol. The molecule has 1 aromatic heterocycles. The van der Waals surface area contributed by atoms with Crippen LogP contribution in [0.5, 0.6) is 0 Å². The van der Waals surface area contributed by atoms with Crippen molar-refractivity contribution in [3.05, 3.63) is 18.2 Å². The van der Waals surface area contributed by atoms with E-state index in [2.05, 4.69) is 25.9 Å². The van der Waals surface area contributed by atoms with Crippen molar-refractivity contribution < 1.29 is 24.3 Å². The number of carboxylic acids is 1. The number of carbonyl (C=O) groups excluding carboxylic acids is 3. The van der Waals surface area contributed by atoms with Gasteiger partial charge in [-0.05, 0) is 24.2 Å². The SMILES string of the molecule is CCC(C)C(N)C(=O)NC(CC(C)C)C(=O)NC(C(=O)NC(Cc1cnc[nH]1)C(=O)O)C(C)CC. The number of carboxylic acid groups (broad SMARTS) is 1. The number of nitrogens with zero attached hydrogens (tertiary/aromatic N) is 1. The number of carbonyl (C=O) groups is 4. The summed E-state index contributed by atoms with van der Waals surface area (Å²) in [6.45, 7) is 11.3. The zero-order valence-corrected chi connectivity index (χ0v) is 21.6. The number of hydrogen-bond donors (Lipinski definition) is 6. The quantitative estimate of drug-likeness (QED) is 0.210. The van der Waals surface area contributed by atoms with Gasteiger partial charge in [-0.2, -0.15) is 0 Å². The van der Waals surface area contributed by atoms with Gasteiger partial charge in [-0.15, -0.1) is 0 Å². The maximum Gasteiger partial charge on any atom is 0.326 e. The molecule has 35 heavy (non-hydrogen) atoms. The van der Waals surface area contributed by atoms with E-state index in [0.717, 1.165) is 6.42 Å². The molecule has 0 radical (unpaired) electrons. The predicted octanol–water partition coefficient (Wildman–Crippen LogP) is 0.957. The van der Waals surface area contributed by atoms with Gasteiger partial charge < -0.3 is 31.8 Å². The Balaban J connectivity index is 3.02. The Morgan fingerprint density at radius 2 is 1.54 bits per heavy atom. The highest BCUT2D eigenvalue weighted by Gasteiger charge is 2.33. The van der Waals surface area contributed by atoms with Gasteiger partial charge in [0.2, 0.25) is 17.7 Å². The van der Waals surface area contributed by atoms with Crippen LogP contribution in [0.3, 0.4) is 0 Å². The minimum atomic E-state index is -1.20. The Hall–Kier alpha value is -2.95. The lowest BCUT2D eigenvalue weighted by Crippen LogP contribution is -2.59. The highest BCUT2D eigenvalue weighted by atomic mass is 16.4. The van der Waals surface area contributed by atoms with Gasteiger partial charge in [0.25, 0.3) is 0 Å². The highest BCUT2D eigenvalue weighted by molar-refractivity contribution is 5.94. The van der Waals surface area contributed by atoms with Crippen LogP contribution < -0.4 is 21.7 Å². The van der Waals surface area contributed by atoms with Crippen LogP contribution in [0.2, 0.25) is 0 Å². The molecule has 11 nitrogen and oxygen atoms in total. The molecule has 6 atom stereocenters. The fraction of sp³-hybridized carbons (Fsp3) is 0.708. The smallest absolute Gasteiger partial charge is 0.326 e. The number of H-pyrrole nitrogens is 1. The summed E-state index contributed by atoms with van der Waals surface area (Å²) >= 11 is 0. The first-order valence-corrected chi connectivity index (χ1v) is 12.3. The van der Waals surface area contributed by atoms with Crippen molar-refractivity contribution in [2.75, 3.05) is 0 Å². The molecule has 1 rings (SSSR count). The number of aliphatic carboxylic acids is 1. The van der Waals surface area contributed by atoms with E-state index in [1.165, 1.54) is 12.5 Å². The normalized spacial score (nSPS) is 16.5. The second kappa shape index (κ2) is 14.4. The number of aromatic amines is 1. The summed E-state index contributed by atoms with van der Waals surface area (Å²) in [5, 5.41) is 17.6. The van der Waals surface area contributed by atoms with Crippen LogP contribution in [-0.2, 0) is 25.6 Å². The molecule has 3 amide bonds. The lowest BCUT2D eigenvalue weighted by Gasteiger charge is -2.29. The zero-order chi connectivity index (χ0) is 26.7. The van der Waals surface area contributed by atoms with Crippen molar-refractivity contribution in [1.29, 1.82) is 0 Å². The Kier molecular flexibility index (Phi) is 12.4. The first-order valence-electron chi connectivity index (χ1n) is 12.3. The number of aromatic nitrogens is 2. The van der Waals surface area contributed by atoms with E-state index in [-0.39, 0.29) is 24.2 Å². The number of nitrogens with two attached hydrogens (primary N) is 1. The number of amides is 3. The molecule has 0 saturated carbocycles. The summed E-state index contributed by atoms with van der Waals surface area (Å²) in [6, 6.07) is -3.82. The molecule has 198 valence electrons. The van der Waals surface area contributed by atoms with Crippen LogP contribution >= 0.6 is 0 Å². The average molecular weight is 495 g/mol. The lowest BCUT2D eigenvalue weighted by atomic mass is 9.95. The van der Waals surface area contributed by atoms with E-state index in [1.807, 2.05) is 34.6 Å². The predicted molar refractivity (Wildman–Crippen MR) is 132 cm³/mol. The van der Waals surface area contributed by atoms with Gasteiger partial charge in [-0.3, -0.25) is 14.4 Å². The number of imidazole rings is 1. The molecule has 0 aliphatic rings. The van der Waals surface area contributed by atoms with E-state index in [0.29, 0.717) is 18.5 Å². The van der Waals surface area contributed by atoms with Crippen molar-refractivity contribution in [2.24, 2.45) is 23.5 Å². The molecule has 6 unspecified atom stereocenters. The summed E-state index contributed by atoms with van der Waals surface area (Å²) < 4.78 is 0. The summed E-state index contributed by atoms with van der Waals surface area (Å²) in [7, 11) is 0. The van der Waals surface area contributed by atoms with Gasteiger partial charge >= 0.3 is 5.97 Å². The molecule has 0 aliphatic heterocycles. The Bertz CT molecular complexity index is 828. The molecule has 0 fully saturated rings. The van der Waals surface area contributed by atoms with Crippen molar-refractivity contribution in [2.45, 2.75) is 91.4 Å². The van der Waals surface area contributed by atoms with Crippen LogP contribution in [0.15, 0.2) is 12.5 Å². The fourth-order valence-corrected chi connectivity index (χ4v) is 3.52. The Morgan fingerprint density at radius 3 is 2.03 bits per heavy atom. The second-order valence-electron chi connectivity index (χ2n) is 9.65. The Labute approximate surface area is 207 Å². The molecule has 7 N–H and O–H groups in total. The van der Waals surface area contributed by atoms with E-state index in [9.17, 15) is 24.3 Å². The Morgan fingerprint density at radius 1 is 0.943 bits per heavy atom. The third-order valence-electron chi connectivity index (χ3n) is 6.29. The van der Waals surface area contributed by atoms with Crippen molar-refractivity contribution in [3.63, 3.8) is 0 Å². The molecular weight excluding hydrogens is 452 g/mol. The molecule has 0 spiro atoms. The van der Waals surface area contributed by atoms with Gasteiger partial charge in [0.15, 0.2) is 0 Å². The largest absolute Gasteiger partial charge is 0.480 e. The summed E-state index contributed by atoms with van der Waals surface area (Å²) in [5.74, 6) is -2.98. The zero-order valence-electron chi connectivity index (χ0n) is 21.6.